The Hall–Kier alpha value is 0.712. The standard InChI is InChI=1S/C12H10S.Cs/c13-12-8-6-11(7-9-12)10-4-2-1-3-5-10;/h1-9,13H;/q;+1/p-1. The van der Waals surface area contributed by atoms with E-state index in [1.54, 1.807) is 0 Å². The zero-order chi connectivity index (χ0) is 9.10. The van der Waals surface area contributed by atoms with Crippen LogP contribution in [-0.4, -0.2) is 0 Å². The first kappa shape index (κ1) is 12.8. The summed E-state index contributed by atoms with van der Waals surface area (Å²) >= 11 is 5.02. The first-order chi connectivity index (χ1) is 6.36. The maximum atomic E-state index is 5.02. The molecule has 14 heavy (non-hydrogen) atoms. The SMILES string of the molecule is [Cs+].[S-]c1ccc(-c2ccccc2)cc1. The van der Waals surface area contributed by atoms with Gasteiger partial charge in [0.15, 0.2) is 0 Å². The molecule has 0 atom stereocenters. The fraction of sp³-hybridized carbons (Fsp3) is 0. The predicted octanol–water partition coefficient (Wildman–Crippen LogP) is 0.263. The second-order valence-corrected chi connectivity index (χ2v) is 3.36. The van der Waals surface area contributed by atoms with Crippen molar-refractivity contribution >= 4 is 12.6 Å². The summed E-state index contributed by atoms with van der Waals surface area (Å²) in [5.74, 6) is 0. The van der Waals surface area contributed by atoms with Gasteiger partial charge in [-0.05, 0) is 11.1 Å². The number of hydrogen-bond acceptors (Lipinski definition) is 1. The van der Waals surface area contributed by atoms with E-state index < -0.39 is 0 Å². The average Bonchev–Trinajstić information content (AvgIpc) is 2.20. The molecule has 0 aliphatic heterocycles. The summed E-state index contributed by atoms with van der Waals surface area (Å²) in [7, 11) is 0. The molecule has 0 unspecified atom stereocenters. The van der Waals surface area contributed by atoms with Gasteiger partial charge in [0.2, 0.25) is 0 Å². The molecule has 0 aromatic heterocycles. The van der Waals surface area contributed by atoms with Gasteiger partial charge in [-0.25, -0.2) is 0 Å². The van der Waals surface area contributed by atoms with Crippen molar-refractivity contribution in [1.82, 2.24) is 0 Å². The van der Waals surface area contributed by atoms with Crippen LogP contribution in [-0.2, 0) is 12.6 Å². The van der Waals surface area contributed by atoms with Crippen LogP contribution in [0.4, 0.5) is 0 Å². The van der Waals surface area contributed by atoms with Crippen molar-refractivity contribution in [1.29, 1.82) is 0 Å². The van der Waals surface area contributed by atoms with E-state index in [-0.39, 0.29) is 68.9 Å². The van der Waals surface area contributed by atoms with Crippen molar-refractivity contribution in [2.24, 2.45) is 0 Å². The Labute approximate surface area is 149 Å². The van der Waals surface area contributed by atoms with Crippen molar-refractivity contribution in [3.05, 3.63) is 54.6 Å². The predicted molar refractivity (Wildman–Crippen MR) is 57.5 cm³/mol. The third-order valence-electron chi connectivity index (χ3n) is 1.96. The van der Waals surface area contributed by atoms with Gasteiger partial charge in [-0.3, -0.25) is 0 Å². The molecule has 2 rings (SSSR count). The minimum absolute atomic E-state index is 0. The monoisotopic (exact) mass is 318 g/mol. The van der Waals surface area contributed by atoms with E-state index in [0.29, 0.717) is 0 Å². The van der Waals surface area contributed by atoms with Crippen LogP contribution < -0.4 is 68.9 Å². The molecule has 2 heteroatoms. The second-order valence-electron chi connectivity index (χ2n) is 2.89. The Morgan fingerprint density at radius 2 is 1.14 bits per heavy atom. The van der Waals surface area contributed by atoms with E-state index in [1.165, 1.54) is 11.1 Å². The van der Waals surface area contributed by atoms with Gasteiger partial charge >= 0.3 is 68.9 Å². The van der Waals surface area contributed by atoms with Crippen LogP contribution >= 0.6 is 0 Å². The van der Waals surface area contributed by atoms with Gasteiger partial charge in [-0.15, -0.1) is 0 Å². The third kappa shape index (κ3) is 3.38. The molecule has 64 valence electrons. The molecule has 0 aliphatic carbocycles. The summed E-state index contributed by atoms with van der Waals surface area (Å²) in [4.78, 5) is 0.889. The fourth-order valence-electron chi connectivity index (χ4n) is 1.28. The van der Waals surface area contributed by atoms with E-state index >= 15 is 0 Å². The normalized spacial score (nSPS) is 9.14. The Balaban J connectivity index is 0.000000980. The summed E-state index contributed by atoms with van der Waals surface area (Å²) in [6.45, 7) is 0. The molecule has 0 aliphatic rings. The molecule has 0 nitrogen and oxygen atoms in total. The molecule has 0 saturated heterocycles. The summed E-state index contributed by atoms with van der Waals surface area (Å²) in [5.41, 5.74) is 2.45. The van der Waals surface area contributed by atoms with Crippen LogP contribution in [0.2, 0.25) is 0 Å². The molecule has 0 heterocycles. The van der Waals surface area contributed by atoms with Crippen molar-refractivity contribution in [3.63, 3.8) is 0 Å². The number of benzene rings is 2. The molecule has 0 fully saturated rings. The Morgan fingerprint density at radius 3 is 1.71 bits per heavy atom. The minimum atomic E-state index is 0. The minimum Gasteiger partial charge on any atom is -0.780 e. The van der Waals surface area contributed by atoms with E-state index in [9.17, 15) is 0 Å². The summed E-state index contributed by atoms with van der Waals surface area (Å²) in [5, 5.41) is 0. The molecule has 0 bridgehead atoms. The van der Waals surface area contributed by atoms with Crippen molar-refractivity contribution in [3.8, 4) is 11.1 Å². The van der Waals surface area contributed by atoms with Crippen LogP contribution in [0.1, 0.15) is 0 Å². The van der Waals surface area contributed by atoms with E-state index in [1.807, 2.05) is 30.3 Å². The van der Waals surface area contributed by atoms with Gasteiger partial charge in [-0.1, -0.05) is 54.6 Å². The molecular weight excluding hydrogens is 309 g/mol. The van der Waals surface area contributed by atoms with E-state index in [0.717, 1.165) is 4.90 Å². The summed E-state index contributed by atoms with van der Waals surface area (Å²) < 4.78 is 0. The van der Waals surface area contributed by atoms with Gasteiger partial charge in [0.05, 0.1) is 0 Å². The van der Waals surface area contributed by atoms with Gasteiger partial charge < -0.3 is 12.6 Å². The van der Waals surface area contributed by atoms with Crippen LogP contribution in [0.15, 0.2) is 59.5 Å². The molecule has 0 N–H and O–H groups in total. The van der Waals surface area contributed by atoms with E-state index in [2.05, 4.69) is 24.3 Å². The third-order valence-corrected chi connectivity index (χ3v) is 2.23. The Bertz CT molecular complexity index is 381. The van der Waals surface area contributed by atoms with Gasteiger partial charge in [0, 0.05) is 0 Å². The molecule has 0 radical (unpaired) electrons. The molecule has 0 amide bonds. The van der Waals surface area contributed by atoms with Crippen LogP contribution in [0.5, 0.6) is 0 Å². The van der Waals surface area contributed by atoms with Gasteiger partial charge in [0.1, 0.15) is 0 Å². The molecule has 2 aromatic carbocycles. The molecule has 0 saturated carbocycles. The second kappa shape index (κ2) is 6.33. The quantitative estimate of drug-likeness (QED) is 0.680. The number of hydrogen-bond donors (Lipinski definition) is 0. The van der Waals surface area contributed by atoms with Crippen LogP contribution in [0, 0.1) is 0 Å². The van der Waals surface area contributed by atoms with Gasteiger partial charge in [0.25, 0.3) is 0 Å². The fourth-order valence-corrected chi connectivity index (χ4v) is 1.41. The largest absolute Gasteiger partial charge is 1.00 e. The molecular formula is C12H9CsS. The first-order valence-corrected chi connectivity index (χ1v) is 4.59. The molecule has 0 spiro atoms. The molecule has 2 aromatic rings. The van der Waals surface area contributed by atoms with Crippen LogP contribution in [0.3, 0.4) is 0 Å². The first-order valence-electron chi connectivity index (χ1n) is 4.19. The van der Waals surface area contributed by atoms with Crippen molar-refractivity contribution in [2.75, 3.05) is 0 Å². The smallest absolute Gasteiger partial charge is 0.780 e. The maximum Gasteiger partial charge on any atom is 1.00 e. The van der Waals surface area contributed by atoms with Crippen molar-refractivity contribution in [2.45, 2.75) is 4.90 Å². The van der Waals surface area contributed by atoms with Gasteiger partial charge in [-0.2, -0.15) is 4.90 Å². The summed E-state index contributed by atoms with van der Waals surface area (Å²) in [6, 6.07) is 18.3. The zero-order valence-electron chi connectivity index (χ0n) is 8.10. The Kier molecular flexibility index (Phi) is 5.78. The summed E-state index contributed by atoms with van der Waals surface area (Å²) in [6.07, 6.45) is 0. The Morgan fingerprint density at radius 1 is 0.643 bits per heavy atom. The number of rotatable bonds is 1. The zero-order valence-corrected chi connectivity index (χ0v) is 15.2. The van der Waals surface area contributed by atoms with Crippen LogP contribution in [0.25, 0.3) is 11.1 Å². The maximum absolute atomic E-state index is 5.02. The van der Waals surface area contributed by atoms with E-state index in [4.69, 9.17) is 12.6 Å². The van der Waals surface area contributed by atoms with Crippen molar-refractivity contribution < 1.29 is 68.9 Å². The average molecular weight is 318 g/mol. The topological polar surface area (TPSA) is 0 Å².